The summed E-state index contributed by atoms with van der Waals surface area (Å²) in [6.07, 6.45) is -16.0. The minimum absolute atomic E-state index is 0.275. The van der Waals surface area contributed by atoms with Gasteiger partial charge in [-0.1, -0.05) is 0 Å². The van der Waals surface area contributed by atoms with Gasteiger partial charge in [-0.3, -0.25) is 0 Å². The molecule has 0 bridgehead atoms. The fourth-order valence-corrected chi connectivity index (χ4v) is 1.80. The van der Waals surface area contributed by atoms with Gasteiger partial charge in [-0.25, -0.2) is 0 Å². The molecule has 0 rings (SSSR count). The van der Waals surface area contributed by atoms with Crippen molar-refractivity contribution in [3.05, 3.63) is 0 Å². The van der Waals surface area contributed by atoms with Crippen LogP contribution in [-0.2, 0) is 4.74 Å². The van der Waals surface area contributed by atoms with Crippen LogP contribution in [0.4, 0.5) is 0 Å². The summed E-state index contributed by atoms with van der Waals surface area (Å²) < 4.78 is 4.81. The molecule has 0 amide bonds. The fraction of sp³-hybridized carbons (Fsp3) is 1.00. The van der Waals surface area contributed by atoms with Gasteiger partial charge < -0.3 is 55.8 Å². The zero-order valence-electron chi connectivity index (χ0n) is 12.3. The summed E-state index contributed by atoms with van der Waals surface area (Å²) in [5.41, 5.74) is 0. The molecule has 0 heterocycles. The summed E-state index contributed by atoms with van der Waals surface area (Å²) in [5, 5.41) is 92.4. The van der Waals surface area contributed by atoms with Crippen LogP contribution in [0, 0.1) is 0 Å². The van der Waals surface area contributed by atoms with Gasteiger partial charge in [-0.15, -0.1) is 0 Å². The Bertz CT molecular complexity index is 303. The minimum Gasteiger partial charge on any atom is -0.396 e. The summed E-state index contributed by atoms with van der Waals surface area (Å²) in [6, 6.07) is 0. The van der Waals surface area contributed by atoms with Crippen LogP contribution < -0.4 is 0 Å². The summed E-state index contributed by atoms with van der Waals surface area (Å²) >= 11 is 0. The summed E-state index contributed by atoms with van der Waals surface area (Å²) in [5.74, 6) is 0. The molecule has 0 saturated heterocycles. The SMILES string of the molecule is OCC[C@H](O)[C@H](O)C(O)[C@@H](O)O[C@H](CCO)[C@H](O)C(O)C(O)O. The first-order chi connectivity index (χ1) is 10.7. The van der Waals surface area contributed by atoms with E-state index in [0.717, 1.165) is 0 Å². The number of aliphatic hydroxyl groups is 10. The number of ether oxygens (including phenoxy) is 1. The van der Waals surface area contributed by atoms with Crippen molar-refractivity contribution in [1.82, 2.24) is 0 Å². The minimum atomic E-state index is -2.31. The van der Waals surface area contributed by atoms with Gasteiger partial charge in [0.05, 0.1) is 12.2 Å². The van der Waals surface area contributed by atoms with Gasteiger partial charge in [0, 0.05) is 13.2 Å². The lowest BCUT2D eigenvalue weighted by Crippen LogP contribution is -2.51. The van der Waals surface area contributed by atoms with E-state index in [9.17, 15) is 30.6 Å². The zero-order chi connectivity index (χ0) is 18.2. The molecule has 11 heteroatoms. The standard InChI is InChI=1S/C12H26O11/c13-3-1-5(15)7(16)10(19)12(22)23-6(2-4-14)8(17)9(18)11(20)21/h5-22H,1-4H2/t5-,6+,7-,8-,9?,10?,12-/m0/s1. The third kappa shape index (κ3) is 7.32. The molecule has 0 aromatic rings. The molecular formula is C12H26O11. The maximum atomic E-state index is 9.70. The highest BCUT2D eigenvalue weighted by Gasteiger charge is 2.36. The van der Waals surface area contributed by atoms with Crippen LogP contribution in [0.1, 0.15) is 12.8 Å². The van der Waals surface area contributed by atoms with E-state index >= 15 is 0 Å². The van der Waals surface area contributed by atoms with Crippen molar-refractivity contribution in [1.29, 1.82) is 0 Å². The summed E-state index contributed by atoms with van der Waals surface area (Å²) in [7, 11) is 0. The smallest absolute Gasteiger partial charge is 0.183 e. The van der Waals surface area contributed by atoms with Gasteiger partial charge in [-0.05, 0) is 12.8 Å². The van der Waals surface area contributed by atoms with Crippen LogP contribution in [-0.4, -0.2) is 113 Å². The monoisotopic (exact) mass is 346 g/mol. The van der Waals surface area contributed by atoms with Gasteiger partial charge in [0.2, 0.25) is 0 Å². The van der Waals surface area contributed by atoms with E-state index in [1.165, 1.54) is 0 Å². The van der Waals surface area contributed by atoms with Gasteiger partial charge in [-0.2, -0.15) is 0 Å². The highest BCUT2D eigenvalue weighted by atomic mass is 16.6. The van der Waals surface area contributed by atoms with Crippen molar-refractivity contribution in [3.63, 3.8) is 0 Å². The van der Waals surface area contributed by atoms with Crippen molar-refractivity contribution in [2.75, 3.05) is 13.2 Å². The molecule has 0 spiro atoms. The van der Waals surface area contributed by atoms with Crippen molar-refractivity contribution >= 4 is 0 Å². The van der Waals surface area contributed by atoms with E-state index < -0.39 is 62.4 Å². The maximum Gasteiger partial charge on any atom is 0.183 e. The number of aliphatic hydroxyl groups excluding tert-OH is 9. The van der Waals surface area contributed by atoms with Crippen LogP contribution >= 0.6 is 0 Å². The topological polar surface area (TPSA) is 212 Å². The summed E-state index contributed by atoms with van der Waals surface area (Å²) in [6.45, 7) is -1.04. The second-order valence-electron chi connectivity index (χ2n) is 5.03. The Kier molecular flexibility index (Phi) is 11.0. The summed E-state index contributed by atoms with van der Waals surface area (Å²) in [4.78, 5) is 0. The molecule has 0 aliphatic heterocycles. The van der Waals surface area contributed by atoms with Crippen LogP contribution in [0.3, 0.4) is 0 Å². The third-order valence-electron chi connectivity index (χ3n) is 3.23. The van der Waals surface area contributed by atoms with E-state index in [1.54, 1.807) is 0 Å². The van der Waals surface area contributed by atoms with Crippen LogP contribution in [0.5, 0.6) is 0 Å². The quantitative estimate of drug-likeness (QED) is 0.151. The molecule has 0 fully saturated rings. The van der Waals surface area contributed by atoms with Crippen molar-refractivity contribution in [3.8, 4) is 0 Å². The van der Waals surface area contributed by atoms with Crippen molar-refractivity contribution in [2.24, 2.45) is 0 Å². The van der Waals surface area contributed by atoms with Crippen molar-refractivity contribution < 1.29 is 55.8 Å². The molecule has 0 aliphatic rings. The first kappa shape index (κ1) is 22.6. The Morgan fingerprint density at radius 1 is 0.609 bits per heavy atom. The lowest BCUT2D eigenvalue weighted by Gasteiger charge is -2.32. The van der Waals surface area contributed by atoms with Gasteiger partial charge in [0.25, 0.3) is 0 Å². The lowest BCUT2D eigenvalue weighted by molar-refractivity contribution is -0.253. The molecule has 140 valence electrons. The molecule has 0 aromatic carbocycles. The molecular weight excluding hydrogens is 320 g/mol. The van der Waals surface area contributed by atoms with Gasteiger partial charge in [0.15, 0.2) is 12.6 Å². The van der Waals surface area contributed by atoms with E-state index in [0.29, 0.717) is 0 Å². The first-order valence-corrected chi connectivity index (χ1v) is 6.99. The Labute approximate surface area is 132 Å². The van der Waals surface area contributed by atoms with E-state index in [4.69, 9.17) is 25.2 Å². The number of rotatable bonds is 12. The molecule has 11 nitrogen and oxygen atoms in total. The zero-order valence-corrected chi connectivity index (χ0v) is 12.3. The normalized spacial score (nSPS) is 21.5. The Balaban J connectivity index is 4.79. The third-order valence-corrected chi connectivity index (χ3v) is 3.23. The average Bonchev–Trinajstić information content (AvgIpc) is 2.51. The molecule has 0 aliphatic carbocycles. The Hall–Kier alpha value is -0.440. The molecule has 23 heavy (non-hydrogen) atoms. The number of hydrogen-bond donors (Lipinski definition) is 10. The predicted molar refractivity (Wildman–Crippen MR) is 72.5 cm³/mol. The second-order valence-corrected chi connectivity index (χ2v) is 5.03. The van der Waals surface area contributed by atoms with Crippen molar-refractivity contribution in [2.45, 2.75) is 62.0 Å². The Morgan fingerprint density at radius 2 is 1.13 bits per heavy atom. The Morgan fingerprint density at radius 3 is 1.57 bits per heavy atom. The highest BCUT2D eigenvalue weighted by Crippen LogP contribution is 2.16. The van der Waals surface area contributed by atoms with E-state index in [-0.39, 0.29) is 12.8 Å². The molecule has 10 N–H and O–H groups in total. The average molecular weight is 346 g/mol. The fourth-order valence-electron chi connectivity index (χ4n) is 1.80. The van der Waals surface area contributed by atoms with E-state index in [2.05, 4.69) is 0 Å². The van der Waals surface area contributed by atoms with Crippen LogP contribution in [0.25, 0.3) is 0 Å². The number of hydrogen-bond acceptors (Lipinski definition) is 11. The molecule has 7 atom stereocenters. The maximum absolute atomic E-state index is 9.70. The first-order valence-electron chi connectivity index (χ1n) is 6.99. The molecule has 2 unspecified atom stereocenters. The largest absolute Gasteiger partial charge is 0.396 e. The molecule has 0 radical (unpaired) electrons. The highest BCUT2D eigenvalue weighted by molar-refractivity contribution is 4.81. The van der Waals surface area contributed by atoms with E-state index in [1.807, 2.05) is 0 Å². The van der Waals surface area contributed by atoms with Gasteiger partial charge in [0.1, 0.15) is 24.4 Å². The second kappa shape index (κ2) is 11.2. The molecule has 0 aromatic heterocycles. The van der Waals surface area contributed by atoms with Crippen LogP contribution in [0.2, 0.25) is 0 Å². The predicted octanol–water partition coefficient (Wildman–Crippen LogP) is -5.43. The van der Waals surface area contributed by atoms with Crippen LogP contribution in [0.15, 0.2) is 0 Å². The lowest BCUT2D eigenvalue weighted by atomic mass is 10.0. The molecule has 0 saturated carbocycles. The van der Waals surface area contributed by atoms with Gasteiger partial charge >= 0.3 is 0 Å².